The summed E-state index contributed by atoms with van der Waals surface area (Å²) in [4.78, 5) is 0. The van der Waals surface area contributed by atoms with Crippen LogP contribution in [0.4, 0.5) is 0 Å². The summed E-state index contributed by atoms with van der Waals surface area (Å²) in [7, 11) is 0. The van der Waals surface area contributed by atoms with Crippen LogP contribution >= 0.6 is 0 Å². The number of benzene rings is 8. The fourth-order valence-electron chi connectivity index (χ4n) is 8.32. The van der Waals surface area contributed by atoms with Crippen molar-refractivity contribution in [3.63, 3.8) is 0 Å². The second kappa shape index (κ2) is 9.96. The molecule has 0 radical (unpaired) electrons. The van der Waals surface area contributed by atoms with E-state index in [2.05, 4.69) is 156 Å². The van der Waals surface area contributed by atoms with Gasteiger partial charge in [0.25, 0.3) is 0 Å². The van der Waals surface area contributed by atoms with Crippen molar-refractivity contribution in [2.24, 2.45) is 0 Å². The van der Waals surface area contributed by atoms with E-state index in [1.807, 2.05) is 6.07 Å². The highest BCUT2D eigenvalue weighted by Gasteiger charge is 2.24. The Bertz CT molecular complexity index is 3050. The third-order valence-corrected chi connectivity index (χ3v) is 10.3. The predicted octanol–water partition coefficient (Wildman–Crippen LogP) is 13.1. The molecule has 3 aromatic heterocycles. The van der Waals surface area contributed by atoms with Gasteiger partial charge in [0, 0.05) is 43.7 Å². The lowest BCUT2D eigenvalue weighted by Gasteiger charge is -2.18. The van der Waals surface area contributed by atoms with Gasteiger partial charge in [-0.25, -0.2) is 0 Å². The van der Waals surface area contributed by atoms with Crippen molar-refractivity contribution in [2.45, 2.75) is 0 Å². The number of hydrogen-bond donors (Lipinski definition) is 0. The van der Waals surface area contributed by atoms with E-state index in [4.69, 9.17) is 8.83 Å². The maximum atomic E-state index is 6.73. The van der Waals surface area contributed by atoms with Crippen molar-refractivity contribution >= 4 is 76.3 Å². The van der Waals surface area contributed by atoms with Crippen LogP contribution in [-0.4, -0.2) is 4.57 Å². The van der Waals surface area contributed by atoms with Crippen molar-refractivity contribution in [1.29, 1.82) is 0 Å². The summed E-state index contributed by atoms with van der Waals surface area (Å²) >= 11 is 0. The Morgan fingerprint density at radius 2 is 0.959 bits per heavy atom. The van der Waals surface area contributed by atoms with Crippen LogP contribution in [0.3, 0.4) is 0 Å². The number of rotatable bonds is 3. The van der Waals surface area contributed by atoms with E-state index in [9.17, 15) is 0 Å². The van der Waals surface area contributed by atoms with E-state index in [1.165, 1.54) is 54.5 Å². The van der Waals surface area contributed by atoms with Gasteiger partial charge < -0.3 is 13.4 Å². The Hall–Kier alpha value is -6.58. The molecule has 0 fully saturated rings. The Morgan fingerprint density at radius 1 is 0.388 bits per heavy atom. The molecule has 49 heavy (non-hydrogen) atoms. The standard InChI is InChI=1S/C46H27NO2/c1-2-13-28(14-3-1)47-38-22-10-8-19-33(38)44-36(21-12-23-39(44)47)42-29-15-4-6-17-31(29)43(32-18-7-5-16-30(32)42)37-27-41-35(25-26-48-41)45-34-20-9-11-24-40(34)49-46(37)45/h1-27H. The molecular formula is C46H27NO2. The summed E-state index contributed by atoms with van der Waals surface area (Å²) in [6.07, 6.45) is 1.78. The molecule has 0 bridgehead atoms. The summed E-state index contributed by atoms with van der Waals surface area (Å²) in [5, 5.41) is 10.5. The van der Waals surface area contributed by atoms with Gasteiger partial charge in [-0.15, -0.1) is 0 Å². The third kappa shape index (κ3) is 3.62. The quantitative estimate of drug-likeness (QED) is 0.183. The molecule has 0 saturated heterocycles. The highest BCUT2D eigenvalue weighted by atomic mass is 16.3. The smallest absolute Gasteiger partial charge is 0.144 e. The molecule has 8 aromatic carbocycles. The minimum absolute atomic E-state index is 0.852. The number of fused-ring (bicyclic) bond motifs is 10. The SMILES string of the molecule is c1ccc(-n2c3ccccc3c3c(-c4c5ccccc5c(-c5cc6occc6c6c5oc5ccccc56)c5ccccc45)cccc32)cc1. The molecule has 3 nitrogen and oxygen atoms in total. The number of aromatic nitrogens is 1. The molecule has 0 amide bonds. The Balaban J connectivity index is 1.31. The summed E-state index contributed by atoms with van der Waals surface area (Å²) in [6, 6.07) is 56.4. The molecule has 228 valence electrons. The molecule has 3 heteroatoms. The van der Waals surface area contributed by atoms with Crippen molar-refractivity contribution in [2.75, 3.05) is 0 Å². The zero-order chi connectivity index (χ0) is 32.1. The minimum Gasteiger partial charge on any atom is -0.464 e. The van der Waals surface area contributed by atoms with E-state index in [1.54, 1.807) is 6.26 Å². The molecule has 0 aliphatic heterocycles. The largest absolute Gasteiger partial charge is 0.464 e. The molecule has 11 rings (SSSR count). The van der Waals surface area contributed by atoms with Gasteiger partial charge in [0.2, 0.25) is 0 Å². The van der Waals surface area contributed by atoms with Gasteiger partial charge in [-0.2, -0.15) is 0 Å². The van der Waals surface area contributed by atoms with Crippen molar-refractivity contribution in [3.05, 3.63) is 164 Å². The second-order valence-electron chi connectivity index (χ2n) is 12.8. The van der Waals surface area contributed by atoms with Gasteiger partial charge in [-0.1, -0.05) is 115 Å². The van der Waals surface area contributed by atoms with Crippen molar-refractivity contribution < 1.29 is 8.83 Å². The number of furan rings is 2. The zero-order valence-corrected chi connectivity index (χ0v) is 26.4. The average Bonchev–Trinajstić information content (AvgIpc) is 3.88. The molecule has 0 saturated carbocycles. The first-order valence-corrected chi connectivity index (χ1v) is 16.7. The van der Waals surface area contributed by atoms with Crippen LogP contribution in [0.25, 0.3) is 104 Å². The zero-order valence-electron chi connectivity index (χ0n) is 26.4. The van der Waals surface area contributed by atoms with Crippen molar-refractivity contribution in [1.82, 2.24) is 4.57 Å². The molecule has 0 aliphatic carbocycles. The summed E-state index contributed by atoms with van der Waals surface area (Å²) in [5.74, 6) is 0. The monoisotopic (exact) mass is 625 g/mol. The van der Waals surface area contributed by atoms with E-state index in [0.717, 1.165) is 49.7 Å². The average molecular weight is 626 g/mol. The Morgan fingerprint density at radius 3 is 1.69 bits per heavy atom. The first-order valence-electron chi connectivity index (χ1n) is 16.7. The van der Waals surface area contributed by atoms with E-state index >= 15 is 0 Å². The number of nitrogens with zero attached hydrogens (tertiary/aromatic N) is 1. The van der Waals surface area contributed by atoms with Gasteiger partial charge >= 0.3 is 0 Å². The van der Waals surface area contributed by atoms with Gasteiger partial charge in [-0.05, 0) is 75.1 Å². The van der Waals surface area contributed by atoms with Crippen LogP contribution in [-0.2, 0) is 0 Å². The molecule has 0 unspecified atom stereocenters. The number of hydrogen-bond acceptors (Lipinski definition) is 2. The lowest BCUT2D eigenvalue weighted by atomic mass is 9.84. The Kier molecular flexibility index (Phi) is 5.38. The van der Waals surface area contributed by atoms with Crippen LogP contribution < -0.4 is 0 Å². The van der Waals surface area contributed by atoms with Crippen LogP contribution in [0.5, 0.6) is 0 Å². The molecule has 3 heterocycles. The van der Waals surface area contributed by atoms with Gasteiger partial charge in [-0.3, -0.25) is 0 Å². The lowest BCUT2D eigenvalue weighted by molar-refractivity contribution is 0.615. The number of para-hydroxylation sites is 3. The maximum absolute atomic E-state index is 6.73. The maximum Gasteiger partial charge on any atom is 0.144 e. The first kappa shape index (κ1) is 26.5. The normalized spacial score (nSPS) is 12.1. The van der Waals surface area contributed by atoms with Gasteiger partial charge in [0.1, 0.15) is 16.7 Å². The molecule has 0 spiro atoms. The minimum atomic E-state index is 0.852. The van der Waals surface area contributed by atoms with E-state index in [0.29, 0.717) is 0 Å². The van der Waals surface area contributed by atoms with Crippen LogP contribution in [0.1, 0.15) is 0 Å². The van der Waals surface area contributed by atoms with E-state index < -0.39 is 0 Å². The summed E-state index contributed by atoms with van der Waals surface area (Å²) in [5.41, 5.74) is 10.8. The van der Waals surface area contributed by atoms with Gasteiger partial charge in [0.05, 0.1) is 17.3 Å². The summed E-state index contributed by atoms with van der Waals surface area (Å²) < 4.78 is 15.2. The van der Waals surface area contributed by atoms with Crippen LogP contribution in [0.15, 0.2) is 173 Å². The topological polar surface area (TPSA) is 31.2 Å². The molecule has 11 aromatic rings. The van der Waals surface area contributed by atoms with Crippen LogP contribution in [0.2, 0.25) is 0 Å². The highest BCUT2D eigenvalue weighted by molar-refractivity contribution is 6.30. The van der Waals surface area contributed by atoms with E-state index in [-0.39, 0.29) is 0 Å². The molecular weight excluding hydrogens is 599 g/mol. The summed E-state index contributed by atoms with van der Waals surface area (Å²) in [6.45, 7) is 0. The highest BCUT2D eigenvalue weighted by Crippen LogP contribution is 2.50. The molecule has 0 aliphatic rings. The van der Waals surface area contributed by atoms with Gasteiger partial charge in [0.15, 0.2) is 0 Å². The second-order valence-corrected chi connectivity index (χ2v) is 12.8. The third-order valence-electron chi connectivity index (χ3n) is 10.3. The first-order chi connectivity index (χ1) is 24.3. The Labute approximate surface area is 280 Å². The lowest BCUT2D eigenvalue weighted by Crippen LogP contribution is -1.94. The van der Waals surface area contributed by atoms with Crippen molar-refractivity contribution in [3.8, 4) is 27.9 Å². The molecule has 0 atom stereocenters. The fraction of sp³-hybridized carbons (Fsp3) is 0. The molecule has 0 N–H and O–H groups in total. The predicted molar refractivity (Wildman–Crippen MR) is 204 cm³/mol. The fourth-order valence-corrected chi connectivity index (χ4v) is 8.32. The van der Waals surface area contributed by atoms with Crippen LogP contribution in [0, 0.1) is 0 Å².